The lowest BCUT2D eigenvalue weighted by molar-refractivity contribution is 0.503. The number of rotatable bonds is 4. The molecule has 1 heterocycles. The summed E-state index contributed by atoms with van der Waals surface area (Å²) in [5.74, 6) is 1.74. The van der Waals surface area contributed by atoms with Crippen LogP contribution >= 0.6 is 11.8 Å². The van der Waals surface area contributed by atoms with E-state index in [1.54, 1.807) is 18.0 Å². The third-order valence-corrected chi connectivity index (χ3v) is 4.90. The summed E-state index contributed by atoms with van der Waals surface area (Å²) < 4.78 is 11.1. The third kappa shape index (κ3) is 4.15. The highest BCUT2D eigenvalue weighted by atomic mass is 32.2. The van der Waals surface area contributed by atoms with Gasteiger partial charge in [-0.05, 0) is 12.8 Å². The second kappa shape index (κ2) is 5.89. The predicted molar refractivity (Wildman–Crippen MR) is 70.1 cm³/mol. The first-order chi connectivity index (χ1) is 7.00. The molecule has 1 aliphatic heterocycles. The maximum Gasteiger partial charge on any atom is 0.156 e. The van der Waals surface area contributed by atoms with Crippen molar-refractivity contribution in [3.63, 3.8) is 0 Å². The number of aliphatic imine (C=N–C) groups is 1. The summed E-state index contributed by atoms with van der Waals surface area (Å²) in [4.78, 5) is 4.45. The van der Waals surface area contributed by atoms with Gasteiger partial charge in [0, 0.05) is 28.9 Å². The van der Waals surface area contributed by atoms with Crippen molar-refractivity contribution in [2.24, 2.45) is 10.9 Å². The van der Waals surface area contributed by atoms with Crippen molar-refractivity contribution >= 4 is 27.7 Å². The first kappa shape index (κ1) is 13.0. The zero-order chi connectivity index (χ0) is 11.4. The van der Waals surface area contributed by atoms with Gasteiger partial charge in [0.2, 0.25) is 0 Å². The molecule has 2 unspecified atom stereocenters. The van der Waals surface area contributed by atoms with E-state index in [4.69, 9.17) is 0 Å². The minimum Gasteiger partial charge on any atom is -0.361 e. The number of nitrogens with one attached hydrogen (secondary N) is 1. The molecule has 0 radical (unpaired) electrons. The van der Waals surface area contributed by atoms with Crippen LogP contribution in [0.4, 0.5) is 0 Å². The van der Waals surface area contributed by atoms with Crippen LogP contribution in [0.5, 0.6) is 0 Å². The van der Waals surface area contributed by atoms with Gasteiger partial charge in [0.15, 0.2) is 5.17 Å². The van der Waals surface area contributed by atoms with E-state index in [1.807, 2.05) is 6.92 Å². The van der Waals surface area contributed by atoms with Gasteiger partial charge in [0.1, 0.15) is 0 Å². The van der Waals surface area contributed by atoms with Crippen LogP contribution in [0.15, 0.2) is 4.99 Å². The van der Waals surface area contributed by atoms with E-state index in [0.29, 0.717) is 18.5 Å². The highest BCUT2D eigenvalue weighted by Gasteiger charge is 2.22. The van der Waals surface area contributed by atoms with Crippen LogP contribution in [-0.2, 0) is 10.8 Å². The first-order valence-corrected chi connectivity index (χ1v) is 7.87. The number of thioether (sulfide) groups is 1. The lowest BCUT2D eigenvalue weighted by atomic mass is 10.1. The largest absolute Gasteiger partial charge is 0.361 e. The van der Waals surface area contributed by atoms with Crippen LogP contribution in [-0.4, -0.2) is 39.2 Å². The summed E-state index contributed by atoms with van der Waals surface area (Å²) in [5, 5.41) is 4.57. The summed E-state index contributed by atoms with van der Waals surface area (Å²) in [6, 6.07) is 0.538. The summed E-state index contributed by atoms with van der Waals surface area (Å²) >= 11 is 1.77. The molecule has 3 nitrogen and oxygen atoms in total. The molecule has 1 aliphatic rings. The Morgan fingerprint density at radius 1 is 1.60 bits per heavy atom. The standard InChI is InChI=1S/C10H20N2OS2/c1-7(2)9-6-14-10(12-9)11-5-8(3)15(4)13/h7-9H,5-6H2,1-4H3,(H,11,12)/t8?,9-,15?/m1/s1. The minimum absolute atomic E-state index is 0.151. The third-order valence-electron chi connectivity index (χ3n) is 2.57. The van der Waals surface area contributed by atoms with Gasteiger partial charge in [-0.2, -0.15) is 0 Å². The van der Waals surface area contributed by atoms with Gasteiger partial charge >= 0.3 is 0 Å². The molecule has 88 valence electrons. The fourth-order valence-corrected chi connectivity index (χ4v) is 2.67. The van der Waals surface area contributed by atoms with Gasteiger partial charge in [-0.25, -0.2) is 0 Å². The Labute approximate surface area is 99.0 Å². The van der Waals surface area contributed by atoms with Crippen molar-refractivity contribution in [1.29, 1.82) is 0 Å². The number of nitrogens with zero attached hydrogens (tertiary/aromatic N) is 1. The Balaban J connectivity index is 2.40. The SMILES string of the molecule is CC(C)[C@H]1CSC(=NCC(C)S(C)=O)N1. The molecule has 0 aromatic heterocycles. The van der Waals surface area contributed by atoms with E-state index in [9.17, 15) is 4.21 Å². The van der Waals surface area contributed by atoms with Crippen LogP contribution < -0.4 is 5.32 Å². The van der Waals surface area contributed by atoms with E-state index in [0.717, 1.165) is 10.9 Å². The maximum absolute atomic E-state index is 11.1. The molecule has 0 aliphatic carbocycles. The molecule has 0 bridgehead atoms. The molecule has 1 rings (SSSR count). The fraction of sp³-hybridized carbons (Fsp3) is 0.900. The number of hydrogen-bond donors (Lipinski definition) is 1. The normalized spacial score (nSPS) is 28.1. The average molecular weight is 248 g/mol. The van der Waals surface area contributed by atoms with Crippen molar-refractivity contribution in [3.8, 4) is 0 Å². The Hall–Kier alpha value is -0.0300. The van der Waals surface area contributed by atoms with Crippen LogP contribution in [0.2, 0.25) is 0 Å². The lowest BCUT2D eigenvalue weighted by Crippen LogP contribution is -2.32. The zero-order valence-electron chi connectivity index (χ0n) is 9.82. The van der Waals surface area contributed by atoms with Gasteiger partial charge in [-0.1, -0.05) is 25.6 Å². The molecule has 15 heavy (non-hydrogen) atoms. The second-order valence-electron chi connectivity index (χ2n) is 4.26. The van der Waals surface area contributed by atoms with Gasteiger partial charge in [-0.3, -0.25) is 9.20 Å². The highest BCUT2D eigenvalue weighted by Crippen LogP contribution is 2.19. The summed E-state index contributed by atoms with van der Waals surface area (Å²) in [7, 11) is -0.772. The van der Waals surface area contributed by atoms with Crippen molar-refractivity contribution in [1.82, 2.24) is 5.32 Å². The average Bonchev–Trinajstić information content (AvgIpc) is 2.62. The minimum atomic E-state index is -0.772. The molecular formula is C10H20N2OS2. The Kier molecular flexibility index (Phi) is 5.12. The predicted octanol–water partition coefficient (Wildman–Crippen LogP) is 1.47. The van der Waals surface area contributed by atoms with Crippen molar-refractivity contribution in [2.75, 3.05) is 18.6 Å². The van der Waals surface area contributed by atoms with Crippen molar-refractivity contribution < 1.29 is 4.21 Å². The van der Waals surface area contributed by atoms with Crippen LogP contribution in [0.25, 0.3) is 0 Å². The van der Waals surface area contributed by atoms with Crippen molar-refractivity contribution in [2.45, 2.75) is 32.1 Å². The Morgan fingerprint density at radius 2 is 2.27 bits per heavy atom. The zero-order valence-corrected chi connectivity index (χ0v) is 11.5. The monoisotopic (exact) mass is 248 g/mol. The van der Waals surface area contributed by atoms with E-state index in [-0.39, 0.29) is 5.25 Å². The Bertz CT molecular complexity index is 266. The molecule has 1 saturated heterocycles. The van der Waals surface area contributed by atoms with Gasteiger partial charge in [0.05, 0.1) is 11.8 Å². The molecule has 1 N–H and O–H groups in total. The summed E-state index contributed by atoms with van der Waals surface area (Å²) in [6.07, 6.45) is 1.73. The van der Waals surface area contributed by atoms with E-state index < -0.39 is 10.8 Å². The molecule has 0 aromatic rings. The smallest absolute Gasteiger partial charge is 0.156 e. The van der Waals surface area contributed by atoms with Gasteiger partial charge in [-0.15, -0.1) is 0 Å². The molecule has 3 atom stereocenters. The topological polar surface area (TPSA) is 41.5 Å². The van der Waals surface area contributed by atoms with Crippen LogP contribution in [0, 0.1) is 5.92 Å². The maximum atomic E-state index is 11.1. The summed E-state index contributed by atoms with van der Waals surface area (Å²) in [5.41, 5.74) is 0. The van der Waals surface area contributed by atoms with Gasteiger partial charge < -0.3 is 5.32 Å². The highest BCUT2D eigenvalue weighted by molar-refractivity contribution is 8.14. The van der Waals surface area contributed by atoms with E-state index in [1.165, 1.54) is 0 Å². The Morgan fingerprint density at radius 3 is 2.73 bits per heavy atom. The first-order valence-electron chi connectivity index (χ1n) is 5.26. The molecule has 0 amide bonds. The van der Waals surface area contributed by atoms with Crippen molar-refractivity contribution in [3.05, 3.63) is 0 Å². The fourth-order valence-electron chi connectivity index (χ4n) is 1.18. The molecule has 0 spiro atoms. The second-order valence-corrected chi connectivity index (χ2v) is 7.07. The molecular weight excluding hydrogens is 228 g/mol. The number of hydrogen-bond acceptors (Lipinski definition) is 3. The quantitative estimate of drug-likeness (QED) is 0.819. The van der Waals surface area contributed by atoms with Gasteiger partial charge in [0.25, 0.3) is 0 Å². The van der Waals surface area contributed by atoms with Crippen LogP contribution in [0.3, 0.4) is 0 Å². The lowest BCUT2D eigenvalue weighted by Gasteiger charge is -2.13. The molecule has 0 aromatic carbocycles. The van der Waals surface area contributed by atoms with E-state index in [2.05, 4.69) is 24.2 Å². The van der Waals surface area contributed by atoms with Crippen LogP contribution in [0.1, 0.15) is 20.8 Å². The molecule has 0 saturated carbocycles. The molecule has 1 fully saturated rings. The number of amidine groups is 1. The summed E-state index contributed by atoms with van der Waals surface area (Å²) in [6.45, 7) is 7.05. The molecule has 5 heteroatoms. The van der Waals surface area contributed by atoms with E-state index >= 15 is 0 Å².